The highest BCUT2D eigenvalue weighted by Crippen LogP contribution is 2.12. The Morgan fingerprint density at radius 2 is 1.75 bits per heavy atom. The third kappa shape index (κ3) is 2.80. The highest BCUT2D eigenvalue weighted by atomic mass is 32.2. The first kappa shape index (κ1) is 12.7. The van der Waals surface area contributed by atoms with Crippen LogP contribution in [0.15, 0.2) is 35.2 Å². The highest BCUT2D eigenvalue weighted by Gasteiger charge is 2.32. The Morgan fingerprint density at radius 3 is 2.19 bits per heavy atom. The largest absolute Gasteiger partial charge is 0.480 e. The number of nitrogens with one attached hydrogen (secondary N) is 1. The van der Waals surface area contributed by atoms with Crippen LogP contribution in [0.25, 0.3) is 0 Å². The summed E-state index contributed by atoms with van der Waals surface area (Å²) in [5.41, 5.74) is -1.53. The molecule has 1 aromatic carbocycles. The van der Waals surface area contributed by atoms with Crippen molar-refractivity contribution in [2.75, 3.05) is 0 Å². The van der Waals surface area contributed by atoms with Gasteiger partial charge in [0.25, 0.3) is 0 Å². The number of hydrogen-bond acceptors (Lipinski definition) is 3. The molecule has 16 heavy (non-hydrogen) atoms. The Balaban J connectivity index is 3.03. The Morgan fingerprint density at radius 1 is 1.25 bits per heavy atom. The molecule has 0 amide bonds. The molecule has 0 atom stereocenters. The summed E-state index contributed by atoms with van der Waals surface area (Å²) in [6, 6.07) is 7.63. The smallest absolute Gasteiger partial charge is 0.324 e. The topological polar surface area (TPSA) is 83.5 Å². The maximum absolute atomic E-state index is 11.8. The molecule has 2 N–H and O–H groups in total. The van der Waals surface area contributed by atoms with Gasteiger partial charge in [0.2, 0.25) is 10.0 Å². The summed E-state index contributed by atoms with van der Waals surface area (Å²) < 4.78 is 25.7. The van der Waals surface area contributed by atoms with Crippen molar-refractivity contribution in [3.63, 3.8) is 0 Å². The number of carboxylic acids is 1. The van der Waals surface area contributed by atoms with Crippen LogP contribution in [0.2, 0.25) is 0 Å². The SMILES string of the molecule is CC(C)(NS(=O)(=O)c1ccccc1)C(=O)O. The second-order valence-corrected chi connectivity index (χ2v) is 5.53. The lowest BCUT2D eigenvalue weighted by atomic mass is 10.1. The summed E-state index contributed by atoms with van der Waals surface area (Å²) in [5.74, 6) is -1.23. The first-order valence-corrected chi connectivity index (χ1v) is 6.06. The molecule has 0 heterocycles. The fraction of sp³-hybridized carbons (Fsp3) is 0.300. The fourth-order valence-electron chi connectivity index (χ4n) is 1.04. The Kier molecular flexibility index (Phi) is 3.35. The van der Waals surface area contributed by atoms with Gasteiger partial charge in [0.15, 0.2) is 0 Å². The van der Waals surface area contributed by atoms with Crippen LogP contribution in [0.4, 0.5) is 0 Å². The van der Waals surface area contributed by atoms with Crippen LogP contribution in [0, 0.1) is 0 Å². The van der Waals surface area contributed by atoms with Gasteiger partial charge in [0.05, 0.1) is 4.90 Å². The van der Waals surface area contributed by atoms with Gasteiger partial charge in [-0.3, -0.25) is 4.79 Å². The molecule has 0 aliphatic carbocycles. The molecule has 1 aromatic rings. The molecule has 1 rings (SSSR count). The van der Waals surface area contributed by atoms with Crippen LogP contribution in [0.3, 0.4) is 0 Å². The number of benzene rings is 1. The third-order valence-corrected chi connectivity index (χ3v) is 3.65. The van der Waals surface area contributed by atoms with Gasteiger partial charge < -0.3 is 5.11 Å². The van der Waals surface area contributed by atoms with E-state index in [1.54, 1.807) is 18.2 Å². The van der Waals surface area contributed by atoms with E-state index in [1.807, 2.05) is 0 Å². The third-order valence-electron chi connectivity index (χ3n) is 1.98. The number of rotatable bonds is 4. The molecule has 0 bridgehead atoms. The van der Waals surface area contributed by atoms with Crippen LogP contribution >= 0.6 is 0 Å². The zero-order valence-electron chi connectivity index (χ0n) is 8.97. The van der Waals surface area contributed by atoms with Gasteiger partial charge in [-0.1, -0.05) is 18.2 Å². The van der Waals surface area contributed by atoms with Crippen molar-refractivity contribution in [1.82, 2.24) is 4.72 Å². The van der Waals surface area contributed by atoms with E-state index < -0.39 is 21.5 Å². The van der Waals surface area contributed by atoms with E-state index in [0.717, 1.165) is 0 Å². The van der Waals surface area contributed by atoms with Gasteiger partial charge >= 0.3 is 5.97 Å². The summed E-state index contributed by atoms with van der Waals surface area (Å²) in [5, 5.41) is 8.82. The second-order valence-electron chi connectivity index (χ2n) is 3.85. The minimum atomic E-state index is -3.79. The van der Waals surface area contributed by atoms with Crippen molar-refractivity contribution in [1.29, 1.82) is 0 Å². The quantitative estimate of drug-likeness (QED) is 0.820. The standard InChI is InChI=1S/C10H13NO4S/c1-10(2,9(12)13)11-16(14,15)8-6-4-3-5-7-8/h3-7,11H,1-2H3,(H,12,13). The van der Waals surface area contributed by atoms with E-state index in [0.29, 0.717) is 0 Å². The molecule has 0 aromatic heterocycles. The highest BCUT2D eigenvalue weighted by molar-refractivity contribution is 7.89. The number of carboxylic acid groups (broad SMARTS) is 1. The van der Waals surface area contributed by atoms with Crippen molar-refractivity contribution in [2.45, 2.75) is 24.3 Å². The second kappa shape index (κ2) is 4.23. The first-order valence-electron chi connectivity index (χ1n) is 4.58. The van der Waals surface area contributed by atoms with Gasteiger partial charge in [0.1, 0.15) is 5.54 Å². The van der Waals surface area contributed by atoms with Crippen molar-refractivity contribution in [3.05, 3.63) is 30.3 Å². The lowest BCUT2D eigenvalue weighted by Crippen LogP contribution is -2.49. The van der Waals surface area contributed by atoms with Gasteiger partial charge in [-0.05, 0) is 26.0 Å². The van der Waals surface area contributed by atoms with Crippen LogP contribution in [0.5, 0.6) is 0 Å². The molecule has 0 radical (unpaired) electrons. The van der Waals surface area contributed by atoms with E-state index in [-0.39, 0.29) is 4.90 Å². The zero-order chi connectivity index (χ0) is 12.4. The molecule has 6 heteroatoms. The van der Waals surface area contributed by atoms with Crippen molar-refractivity contribution in [2.24, 2.45) is 0 Å². The van der Waals surface area contributed by atoms with Crippen LogP contribution in [-0.2, 0) is 14.8 Å². The van der Waals surface area contributed by atoms with Crippen molar-refractivity contribution in [3.8, 4) is 0 Å². The molecule has 0 fully saturated rings. The van der Waals surface area contributed by atoms with E-state index in [9.17, 15) is 13.2 Å². The summed E-state index contributed by atoms with van der Waals surface area (Å²) in [4.78, 5) is 10.8. The average Bonchev–Trinajstić information content (AvgIpc) is 2.17. The van der Waals surface area contributed by atoms with Gasteiger partial charge in [-0.2, -0.15) is 4.72 Å². The van der Waals surface area contributed by atoms with Gasteiger partial charge in [0, 0.05) is 0 Å². The lowest BCUT2D eigenvalue weighted by Gasteiger charge is -2.20. The minimum Gasteiger partial charge on any atom is -0.480 e. The summed E-state index contributed by atoms with van der Waals surface area (Å²) in [6.07, 6.45) is 0. The number of sulfonamides is 1. The maximum Gasteiger partial charge on any atom is 0.324 e. The first-order chi connectivity index (χ1) is 7.26. The number of carbonyl (C=O) groups is 1. The average molecular weight is 243 g/mol. The predicted octanol–water partition coefficient (Wildman–Crippen LogP) is 0.828. The fourth-order valence-corrected chi connectivity index (χ4v) is 2.43. The van der Waals surface area contributed by atoms with Gasteiger partial charge in [-0.25, -0.2) is 8.42 Å². The molecule has 5 nitrogen and oxygen atoms in total. The van der Waals surface area contributed by atoms with E-state index in [4.69, 9.17) is 5.11 Å². The molecule has 0 aliphatic rings. The van der Waals surface area contributed by atoms with Crippen molar-refractivity contribution >= 4 is 16.0 Å². The monoisotopic (exact) mass is 243 g/mol. The maximum atomic E-state index is 11.8. The van der Waals surface area contributed by atoms with E-state index >= 15 is 0 Å². The Bertz CT molecular complexity index is 479. The summed E-state index contributed by atoms with van der Waals surface area (Å²) in [7, 11) is -3.79. The van der Waals surface area contributed by atoms with E-state index in [2.05, 4.69) is 4.72 Å². The molecule has 0 saturated heterocycles. The van der Waals surface area contributed by atoms with Crippen LogP contribution < -0.4 is 4.72 Å². The minimum absolute atomic E-state index is 0.0457. The van der Waals surface area contributed by atoms with Crippen molar-refractivity contribution < 1.29 is 18.3 Å². The number of aliphatic carboxylic acids is 1. The van der Waals surface area contributed by atoms with Gasteiger partial charge in [-0.15, -0.1) is 0 Å². The summed E-state index contributed by atoms with van der Waals surface area (Å²) >= 11 is 0. The summed E-state index contributed by atoms with van der Waals surface area (Å²) in [6.45, 7) is 2.58. The Hall–Kier alpha value is -1.40. The van der Waals surface area contributed by atoms with Crippen LogP contribution in [0.1, 0.15) is 13.8 Å². The molecule has 0 spiro atoms. The predicted molar refractivity (Wildman–Crippen MR) is 58.5 cm³/mol. The normalized spacial score (nSPS) is 12.4. The number of hydrogen-bond donors (Lipinski definition) is 2. The molecule has 0 saturated carbocycles. The molecule has 88 valence electrons. The molecular weight excluding hydrogens is 230 g/mol. The Labute approximate surface area is 94.2 Å². The lowest BCUT2D eigenvalue weighted by molar-refractivity contribution is -0.142. The van der Waals surface area contributed by atoms with Crippen LogP contribution in [-0.4, -0.2) is 25.0 Å². The molecular formula is C10H13NO4S. The zero-order valence-corrected chi connectivity index (χ0v) is 9.78. The van der Waals surface area contributed by atoms with E-state index in [1.165, 1.54) is 26.0 Å². The molecule has 0 unspecified atom stereocenters. The molecule has 0 aliphatic heterocycles.